The Morgan fingerprint density at radius 2 is 2.08 bits per heavy atom. The van der Waals surface area contributed by atoms with Gasteiger partial charge in [0.15, 0.2) is 0 Å². The van der Waals surface area contributed by atoms with Gasteiger partial charge in [0.25, 0.3) is 5.91 Å². The molecule has 0 bridgehead atoms. The molecule has 2 aliphatic rings. The van der Waals surface area contributed by atoms with Crippen molar-refractivity contribution in [3.63, 3.8) is 0 Å². The van der Waals surface area contributed by atoms with Gasteiger partial charge >= 0.3 is 0 Å². The molecule has 2 aromatic rings. The van der Waals surface area contributed by atoms with Gasteiger partial charge in [0.1, 0.15) is 0 Å². The Morgan fingerprint density at radius 3 is 2.76 bits per heavy atom. The number of amides is 1. The first-order chi connectivity index (χ1) is 12.1. The lowest BCUT2D eigenvalue weighted by Crippen LogP contribution is -2.36. The third kappa shape index (κ3) is 3.07. The molecule has 8 heteroatoms. The topological polar surface area (TPSA) is 76.6 Å². The van der Waals surface area contributed by atoms with Crippen LogP contribution in [0.5, 0.6) is 0 Å². The maximum Gasteiger partial charge on any atom is 0.293 e. The molecule has 8 nitrogen and oxygen atoms in total. The third-order valence-corrected chi connectivity index (χ3v) is 4.79. The van der Waals surface area contributed by atoms with Crippen LogP contribution in [0, 0.1) is 0 Å². The summed E-state index contributed by atoms with van der Waals surface area (Å²) in [5.41, 5.74) is 3.37. The number of aromatic nitrogens is 3. The molecule has 1 fully saturated rings. The van der Waals surface area contributed by atoms with Gasteiger partial charge in [0.05, 0.1) is 43.9 Å². The van der Waals surface area contributed by atoms with E-state index >= 15 is 0 Å². The minimum absolute atomic E-state index is 0.124. The normalized spacial score (nSPS) is 18.1. The molecule has 0 aromatic carbocycles. The fourth-order valence-electron chi connectivity index (χ4n) is 3.48. The van der Waals surface area contributed by atoms with Crippen LogP contribution in [-0.4, -0.2) is 56.9 Å². The van der Waals surface area contributed by atoms with Crippen LogP contribution >= 0.6 is 0 Å². The quantitative estimate of drug-likeness (QED) is 0.835. The summed E-state index contributed by atoms with van der Waals surface area (Å²) >= 11 is 0. The lowest BCUT2D eigenvalue weighted by atomic mass is 10.2. The molecule has 25 heavy (non-hydrogen) atoms. The molecule has 0 aliphatic carbocycles. The smallest absolute Gasteiger partial charge is 0.293 e. The van der Waals surface area contributed by atoms with Crippen molar-refractivity contribution in [2.45, 2.75) is 39.5 Å². The number of fused-ring (bicyclic) bond motifs is 1. The highest BCUT2D eigenvalue weighted by atomic mass is 16.5. The summed E-state index contributed by atoms with van der Waals surface area (Å²) in [4.78, 5) is 16.8. The van der Waals surface area contributed by atoms with E-state index in [0.717, 1.165) is 44.2 Å². The second-order valence-corrected chi connectivity index (χ2v) is 6.84. The molecule has 2 aliphatic heterocycles. The van der Waals surface area contributed by atoms with E-state index in [1.165, 1.54) is 11.8 Å². The zero-order valence-electron chi connectivity index (χ0n) is 14.6. The van der Waals surface area contributed by atoms with Crippen molar-refractivity contribution in [3.05, 3.63) is 35.0 Å². The molecular formula is C17H23N5O3. The summed E-state index contributed by atoms with van der Waals surface area (Å²) in [5.74, 6) is 0.158. The van der Waals surface area contributed by atoms with Gasteiger partial charge in [0.2, 0.25) is 5.76 Å². The first-order valence-corrected chi connectivity index (χ1v) is 8.72. The van der Waals surface area contributed by atoms with E-state index in [1.54, 1.807) is 11.0 Å². The Kier molecular flexibility index (Phi) is 4.30. The zero-order chi connectivity index (χ0) is 17.4. The predicted octanol–water partition coefficient (Wildman–Crippen LogP) is 1.44. The summed E-state index contributed by atoms with van der Waals surface area (Å²) in [5, 5.41) is 8.48. The van der Waals surface area contributed by atoms with Crippen molar-refractivity contribution in [2.75, 3.05) is 26.3 Å². The molecule has 0 atom stereocenters. The summed E-state index contributed by atoms with van der Waals surface area (Å²) in [6.45, 7) is 9.54. The maximum absolute atomic E-state index is 12.6. The number of rotatable bonds is 4. The largest absolute Gasteiger partial charge is 0.379 e. The highest BCUT2D eigenvalue weighted by Gasteiger charge is 2.33. The first kappa shape index (κ1) is 16.3. The van der Waals surface area contributed by atoms with E-state index in [2.05, 4.69) is 28.6 Å². The molecule has 4 rings (SSSR count). The average Bonchev–Trinajstić information content (AvgIpc) is 3.33. The van der Waals surface area contributed by atoms with Crippen LogP contribution in [0.25, 0.3) is 0 Å². The van der Waals surface area contributed by atoms with Crippen LogP contribution < -0.4 is 0 Å². The highest BCUT2D eigenvalue weighted by Crippen LogP contribution is 2.30. The van der Waals surface area contributed by atoms with Gasteiger partial charge in [-0.25, -0.2) is 0 Å². The number of carbonyl (C=O) groups excluding carboxylic acids is 1. The van der Waals surface area contributed by atoms with Crippen molar-refractivity contribution in [1.29, 1.82) is 0 Å². The van der Waals surface area contributed by atoms with Crippen LogP contribution in [0.4, 0.5) is 0 Å². The molecule has 0 N–H and O–H groups in total. The Hall–Kier alpha value is -2.19. The van der Waals surface area contributed by atoms with Crippen molar-refractivity contribution in [1.82, 2.24) is 24.7 Å². The Bertz CT molecular complexity index is 747. The van der Waals surface area contributed by atoms with Crippen LogP contribution in [0.2, 0.25) is 0 Å². The summed E-state index contributed by atoms with van der Waals surface area (Å²) in [7, 11) is 0. The predicted molar refractivity (Wildman–Crippen MR) is 88.8 cm³/mol. The van der Waals surface area contributed by atoms with Gasteiger partial charge in [-0.05, 0) is 13.8 Å². The molecule has 134 valence electrons. The molecule has 0 saturated carbocycles. The minimum atomic E-state index is -0.124. The summed E-state index contributed by atoms with van der Waals surface area (Å²) in [6.07, 6.45) is 1.50. The monoisotopic (exact) mass is 345 g/mol. The minimum Gasteiger partial charge on any atom is -0.379 e. The van der Waals surface area contributed by atoms with Gasteiger partial charge in [-0.1, -0.05) is 5.16 Å². The number of ether oxygens (including phenoxy) is 1. The van der Waals surface area contributed by atoms with E-state index in [1.807, 2.05) is 0 Å². The zero-order valence-corrected chi connectivity index (χ0v) is 14.6. The highest BCUT2D eigenvalue weighted by molar-refractivity contribution is 5.91. The Morgan fingerprint density at radius 1 is 1.28 bits per heavy atom. The van der Waals surface area contributed by atoms with E-state index in [-0.39, 0.29) is 17.7 Å². The fourth-order valence-corrected chi connectivity index (χ4v) is 3.48. The molecule has 0 unspecified atom stereocenters. The summed E-state index contributed by atoms with van der Waals surface area (Å²) < 4.78 is 12.5. The van der Waals surface area contributed by atoms with Crippen LogP contribution in [0.15, 0.2) is 16.8 Å². The number of hydrogen-bond acceptors (Lipinski definition) is 6. The number of nitrogens with zero attached hydrogens (tertiary/aromatic N) is 5. The fraction of sp³-hybridized carbons (Fsp3) is 0.588. The van der Waals surface area contributed by atoms with Gasteiger partial charge in [-0.2, -0.15) is 5.10 Å². The lowest BCUT2D eigenvalue weighted by molar-refractivity contribution is 0.0333. The SMILES string of the molecule is CC(C)n1nc(CN2CCOCC2)c2c1CN(C(=O)c1ccno1)C2. The van der Waals surface area contributed by atoms with Gasteiger partial charge in [0, 0.05) is 37.3 Å². The van der Waals surface area contributed by atoms with Crippen LogP contribution in [0.1, 0.15) is 47.4 Å². The van der Waals surface area contributed by atoms with Gasteiger partial charge in [-0.3, -0.25) is 14.4 Å². The van der Waals surface area contributed by atoms with Crippen molar-refractivity contribution < 1.29 is 14.1 Å². The van der Waals surface area contributed by atoms with E-state index in [0.29, 0.717) is 13.1 Å². The second-order valence-electron chi connectivity index (χ2n) is 6.84. The average molecular weight is 345 g/mol. The molecule has 1 saturated heterocycles. The standard InChI is InChI=1S/C17H23N5O3/c1-12(2)22-15-11-21(17(23)16-3-4-18-25-16)9-13(15)14(19-22)10-20-5-7-24-8-6-20/h3-4,12H,5-11H2,1-2H3. The number of hydrogen-bond donors (Lipinski definition) is 0. The van der Waals surface area contributed by atoms with Gasteiger partial charge in [-0.15, -0.1) is 0 Å². The van der Waals surface area contributed by atoms with Crippen LogP contribution in [-0.2, 0) is 24.4 Å². The third-order valence-electron chi connectivity index (χ3n) is 4.79. The molecule has 1 amide bonds. The van der Waals surface area contributed by atoms with E-state index < -0.39 is 0 Å². The Labute approximate surface area is 146 Å². The molecule has 0 radical (unpaired) electrons. The maximum atomic E-state index is 12.6. The lowest BCUT2D eigenvalue weighted by Gasteiger charge is -2.26. The van der Waals surface area contributed by atoms with Crippen molar-refractivity contribution >= 4 is 5.91 Å². The van der Waals surface area contributed by atoms with Crippen LogP contribution in [0.3, 0.4) is 0 Å². The second kappa shape index (κ2) is 6.61. The van der Waals surface area contributed by atoms with Crippen molar-refractivity contribution in [2.24, 2.45) is 0 Å². The molecule has 4 heterocycles. The number of carbonyl (C=O) groups is 1. The summed E-state index contributed by atoms with van der Waals surface area (Å²) in [6, 6.07) is 1.86. The molecule has 2 aromatic heterocycles. The van der Waals surface area contributed by atoms with E-state index in [4.69, 9.17) is 14.4 Å². The van der Waals surface area contributed by atoms with E-state index in [9.17, 15) is 4.79 Å². The Balaban J connectivity index is 1.58. The van der Waals surface area contributed by atoms with Gasteiger partial charge < -0.3 is 14.2 Å². The van der Waals surface area contributed by atoms with Crippen molar-refractivity contribution in [3.8, 4) is 0 Å². The molecular weight excluding hydrogens is 322 g/mol. The molecule has 0 spiro atoms. The first-order valence-electron chi connectivity index (χ1n) is 8.72. The number of morpholine rings is 1.